The Morgan fingerprint density at radius 2 is 1.69 bits per heavy atom. The van der Waals surface area contributed by atoms with Crippen LogP contribution in [0.2, 0.25) is 0 Å². The van der Waals surface area contributed by atoms with Crippen LogP contribution >= 0.6 is 0 Å². The summed E-state index contributed by atoms with van der Waals surface area (Å²) in [5.41, 5.74) is 1.29. The van der Waals surface area contributed by atoms with Crippen molar-refractivity contribution in [3.63, 3.8) is 0 Å². The molecule has 0 aliphatic rings. The number of benzene rings is 2. The standard InChI is InChI=1S/C22H25N3O6S/c1-15(2)21(25-32(28,29)19-10-8-18(30-3)9-11-19)22(27)31-14-20(26)24-17-6-4-16(5-7-17)12-13-23/h4-11,15,21,25H,12,14H2,1-3H3,(H,24,26)/t21-/m0/s1. The molecule has 0 fully saturated rings. The van der Waals surface area contributed by atoms with Gasteiger partial charge in [0, 0.05) is 5.69 Å². The fraction of sp³-hybridized carbons (Fsp3) is 0.318. The Hall–Kier alpha value is -3.42. The maximum atomic E-state index is 12.6. The summed E-state index contributed by atoms with van der Waals surface area (Å²) in [7, 11) is -2.54. The van der Waals surface area contributed by atoms with E-state index in [2.05, 4.69) is 10.0 Å². The lowest BCUT2D eigenvalue weighted by Gasteiger charge is -2.20. The molecule has 0 unspecified atom stereocenters. The first-order chi connectivity index (χ1) is 15.2. The smallest absolute Gasteiger partial charge is 0.324 e. The van der Waals surface area contributed by atoms with Crippen LogP contribution in [0.4, 0.5) is 5.69 Å². The Balaban J connectivity index is 1.97. The van der Waals surface area contributed by atoms with Crippen LogP contribution in [0.3, 0.4) is 0 Å². The third-order valence-electron chi connectivity index (χ3n) is 4.44. The number of nitriles is 1. The van der Waals surface area contributed by atoms with Crippen molar-refractivity contribution in [2.45, 2.75) is 31.2 Å². The Labute approximate surface area is 187 Å². The Bertz CT molecular complexity index is 1070. The van der Waals surface area contributed by atoms with E-state index in [1.807, 2.05) is 6.07 Å². The van der Waals surface area contributed by atoms with Gasteiger partial charge >= 0.3 is 5.97 Å². The molecule has 170 valence electrons. The van der Waals surface area contributed by atoms with E-state index < -0.39 is 40.5 Å². The zero-order valence-electron chi connectivity index (χ0n) is 18.0. The molecule has 0 bridgehead atoms. The molecule has 0 aliphatic heterocycles. The largest absolute Gasteiger partial charge is 0.497 e. The van der Waals surface area contributed by atoms with Crippen molar-refractivity contribution in [3.8, 4) is 11.8 Å². The van der Waals surface area contributed by atoms with E-state index in [4.69, 9.17) is 14.7 Å². The Morgan fingerprint density at radius 1 is 1.06 bits per heavy atom. The minimum Gasteiger partial charge on any atom is -0.497 e. The highest BCUT2D eigenvalue weighted by atomic mass is 32.2. The molecule has 2 aromatic carbocycles. The van der Waals surface area contributed by atoms with E-state index in [0.717, 1.165) is 5.56 Å². The number of carbonyl (C=O) groups excluding carboxylic acids is 2. The average molecular weight is 460 g/mol. The molecule has 9 nitrogen and oxygen atoms in total. The van der Waals surface area contributed by atoms with Gasteiger partial charge in [-0.2, -0.15) is 9.98 Å². The first-order valence-corrected chi connectivity index (χ1v) is 11.2. The fourth-order valence-corrected chi connectivity index (χ4v) is 4.00. The average Bonchev–Trinajstić information content (AvgIpc) is 2.77. The molecule has 0 saturated carbocycles. The molecular formula is C22H25N3O6S. The van der Waals surface area contributed by atoms with Crippen LogP contribution in [-0.2, 0) is 30.8 Å². The summed E-state index contributed by atoms with van der Waals surface area (Å²) in [6.07, 6.45) is 0.259. The van der Waals surface area contributed by atoms with Crippen molar-refractivity contribution in [2.75, 3.05) is 19.0 Å². The van der Waals surface area contributed by atoms with E-state index in [-0.39, 0.29) is 11.3 Å². The Kier molecular flexibility index (Phi) is 8.75. The summed E-state index contributed by atoms with van der Waals surface area (Å²) in [6, 6.07) is 13.2. The first-order valence-electron chi connectivity index (χ1n) is 9.75. The van der Waals surface area contributed by atoms with Gasteiger partial charge in [-0.1, -0.05) is 26.0 Å². The van der Waals surface area contributed by atoms with Crippen LogP contribution in [0.1, 0.15) is 19.4 Å². The number of hydrogen-bond donors (Lipinski definition) is 2. The SMILES string of the molecule is COc1ccc(S(=O)(=O)N[C@H](C(=O)OCC(=O)Nc2ccc(CC#N)cc2)C(C)C)cc1. The summed E-state index contributed by atoms with van der Waals surface area (Å²) < 4.78 is 37.7. The summed E-state index contributed by atoms with van der Waals surface area (Å²) in [5.74, 6) is -1.37. The van der Waals surface area contributed by atoms with E-state index in [0.29, 0.717) is 11.4 Å². The van der Waals surface area contributed by atoms with Crippen LogP contribution in [0.5, 0.6) is 5.75 Å². The van der Waals surface area contributed by atoms with Gasteiger partial charge in [-0.25, -0.2) is 8.42 Å². The van der Waals surface area contributed by atoms with Crippen LogP contribution in [0.15, 0.2) is 53.4 Å². The number of carbonyl (C=O) groups is 2. The quantitative estimate of drug-likeness (QED) is 0.520. The van der Waals surface area contributed by atoms with Gasteiger partial charge in [-0.05, 0) is 47.9 Å². The molecule has 2 aromatic rings. The monoisotopic (exact) mass is 459 g/mol. The van der Waals surface area contributed by atoms with Crippen LogP contribution in [-0.4, -0.2) is 40.1 Å². The predicted molar refractivity (Wildman–Crippen MR) is 117 cm³/mol. The molecule has 10 heteroatoms. The van der Waals surface area contributed by atoms with E-state index >= 15 is 0 Å². The maximum absolute atomic E-state index is 12.6. The number of esters is 1. The number of hydrogen-bond acceptors (Lipinski definition) is 7. The third-order valence-corrected chi connectivity index (χ3v) is 5.90. The van der Waals surface area contributed by atoms with Gasteiger partial charge in [0.15, 0.2) is 6.61 Å². The zero-order chi connectivity index (χ0) is 23.7. The molecule has 0 spiro atoms. The second-order valence-corrected chi connectivity index (χ2v) is 8.92. The van der Waals surface area contributed by atoms with Gasteiger partial charge in [-0.3, -0.25) is 9.59 Å². The zero-order valence-corrected chi connectivity index (χ0v) is 18.8. The lowest BCUT2D eigenvalue weighted by Crippen LogP contribution is -2.45. The van der Waals surface area contributed by atoms with E-state index in [1.165, 1.54) is 31.4 Å². The van der Waals surface area contributed by atoms with Gasteiger partial charge in [0.25, 0.3) is 5.91 Å². The maximum Gasteiger partial charge on any atom is 0.324 e. The van der Waals surface area contributed by atoms with Gasteiger partial charge in [0.1, 0.15) is 11.8 Å². The van der Waals surface area contributed by atoms with E-state index in [1.54, 1.807) is 38.1 Å². The van der Waals surface area contributed by atoms with Crippen molar-refractivity contribution in [2.24, 2.45) is 5.92 Å². The summed E-state index contributed by atoms with van der Waals surface area (Å²) in [6.45, 7) is 2.74. The van der Waals surface area contributed by atoms with Crippen LogP contribution < -0.4 is 14.8 Å². The topological polar surface area (TPSA) is 135 Å². The number of anilines is 1. The molecule has 0 aliphatic carbocycles. The molecule has 0 saturated heterocycles. The minimum absolute atomic E-state index is 0.0330. The summed E-state index contributed by atoms with van der Waals surface area (Å²) in [4.78, 5) is 24.6. The molecule has 1 amide bonds. The highest BCUT2D eigenvalue weighted by Gasteiger charge is 2.30. The fourth-order valence-electron chi connectivity index (χ4n) is 2.67. The van der Waals surface area contributed by atoms with Gasteiger partial charge in [0.05, 0.1) is 24.5 Å². The molecule has 2 rings (SSSR count). The van der Waals surface area contributed by atoms with Gasteiger partial charge in [-0.15, -0.1) is 0 Å². The molecular weight excluding hydrogens is 434 g/mol. The normalized spacial score (nSPS) is 12.0. The van der Waals surface area contributed by atoms with Crippen molar-refractivity contribution >= 4 is 27.6 Å². The number of nitrogens with zero attached hydrogens (tertiary/aromatic N) is 1. The van der Waals surface area contributed by atoms with Crippen molar-refractivity contribution in [3.05, 3.63) is 54.1 Å². The minimum atomic E-state index is -4.00. The van der Waals surface area contributed by atoms with Crippen LogP contribution in [0.25, 0.3) is 0 Å². The van der Waals surface area contributed by atoms with E-state index in [9.17, 15) is 18.0 Å². The molecule has 0 heterocycles. The lowest BCUT2D eigenvalue weighted by atomic mass is 10.1. The van der Waals surface area contributed by atoms with Crippen molar-refractivity contribution < 1.29 is 27.5 Å². The summed E-state index contributed by atoms with van der Waals surface area (Å²) >= 11 is 0. The second-order valence-electron chi connectivity index (χ2n) is 7.21. The first kappa shape index (κ1) is 24.8. The number of sulfonamides is 1. The molecule has 32 heavy (non-hydrogen) atoms. The number of methoxy groups -OCH3 is 1. The van der Waals surface area contributed by atoms with Gasteiger partial charge in [0.2, 0.25) is 10.0 Å². The number of rotatable bonds is 10. The molecule has 0 radical (unpaired) electrons. The predicted octanol–water partition coefficient (Wildman–Crippen LogP) is 2.25. The van der Waals surface area contributed by atoms with Gasteiger partial charge < -0.3 is 14.8 Å². The molecule has 0 aromatic heterocycles. The van der Waals surface area contributed by atoms with Crippen LogP contribution in [0, 0.1) is 17.2 Å². The number of ether oxygens (including phenoxy) is 2. The summed E-state index contributed by atoms with van der Waals surface area (Å²) in [5, 5.41) is 11.3. The lowest BCUT2D eigenvalue weighted by molar-refractivity contribution is -0.150. The second kappa shape index (κ2) is 11.3. The number of nitrogens with one attached hydrogen (secondary N) is 2. The third kappa shape index (κ3) is 7.08. The Morgan fingerprint density at radius 3 is 2.22 bits per heavy atom. The van der Waals surface area contributed by atoms with Crippen molar-refractivity contribution in [1.82, 2.24) is 4.72 Å². The van der Waals surface area contributed by atoms with Crippen molar-refractivity contribution in [1.29, 1.82) is 5.26 Å². The molecule has 1 atom stereocenters. The molecule has 2 N–H and O–H groups in total. The highest BCUT2D eigenvalue weighted by molar-refractivity contribution is 7.89. The number of amides is 1. The highest BCUT2D eigenvalue weighted by Crippen LogP contribution is 2.17.